The van der Waals surface area contributed by atoms with Crippen LogP contribution in [0, 0.1) is 11.8 Å². The molecule has 3 rings (SSSR count). The molecular weight excluding hydrogens is 234 g/mol. The maximum Gasteiger partial charge on any atom is 0.0217 e. The van der Waals surface area contributed by atoms with Gasteiger partial charge in [0.25, 0.3) is 0 Å². The van der Waals surface area contributed by atoms with Crippen LogP contribution in [0.1, 0.15) is 38.5 Å². The lowest BCUT2D eigenvalue weighted by Crippen LogP contribution is -2.48. The average Bonchev–Trinajstić information content (AvgIpc) is 3.28. The molecular formula is C16H31N3. The molecule has 3 fully saturated rings. The molecule has 1 atom stereocenters. The monoisotopic (exact) mass is 265 g/mol. The molecule has 3 aliphatic rings. The predicted octanol–water partition coefficient (Wildman–Crippen LogP) is 1.79. The minimum Gasteiger partial charge on any atom is -0.312 e. The summed E-state index contributed by atoms with van der Waals surface area (Å²) in [6.07, 6.45) is 8.70. The molecule has 1 heterocycles. The van der Waals surface area contributed by atoms with Crippen molar-refractivity contribution in [1.29, 1.82) is 0 Å². The maximum absolute atomic E-state index is 3.88. The summed E-state index contributed by atoms with van der Waals surface area (Å²) in [4.78, 5) is 5.06. The van der Waals surface area contributed by atoms with Crippen molar-refractivity contribution in [3.8, 4) is 0 Å². The molecule has 1 aliphatic heterocycles. The Kier molecular flexibility index (Phi) is 4.45. The molecule has 3 heteroatoms. The molecule has 1 saturated heterocycles. The summed E-state index contributed by atoms with van der Waals surface area (Å²) in [5, 5.41) is 3.88. The van der Waals surface area contributed by atoms with Crippen LogP contribution in [0.2, 0.25) is 0 Å². The number of hydrogen-bond acceptors (Lipinski definition) is 3. The zero-order chi connectivity index (χ0) is 13.2. The molecule has 2 saturated carbocycles. The van der Waals surface area contributed by atoms with Crippen LogP contribution >= 0.6 is 0 Å². The van der Waals surface area contributed by atoms with E-state index < -0.39 is 0 Å². The normalized spacial score (nSPS) is 29.4. The molecule has 0 bridgehead atoms. The van der Waals surface area contributed by atoms with Gasteiger partial charge in [0.1, 0.15) is 0 Å². The lowest BCUT2D eigenvalue weighted by Gasteiger charge is -2.36. The summed E-state index contributed by atoms with van der Waals surface area (Å²) in [5.74, 6) is 2.06. The minimum absolute atomic E-state index is 0.774. The van der Waals surface area contributed by atoms with Gasteiger partial charge in [-0.3, -0.25) is 0 Å². The van der Waals surface area contributed by atoms with Crippen LogP contribution in [-0.2, 0) is 0 Å². The van der Waals surface area contributed by atoms with Crippen molar-refractivity contribution >= 4 is 0 Å². The Hall–Kier alpha value is -0.120. The van der Waals surface area contributed by atoms with Crippen molar-refractivity contribution in [1.82, 2.24) is 15.1 Å². The molecule has 110 valence electrons. The lowest BCUT2D eigenvalue weighted by molar-refractivity contribution is 0.132. The SMILES string of the molecule is CN(C)C1CCCN(CCNC(C2CC2)C2CC2)C1. The molecule has 0 amide bonds. The van der Waals surface area contributed by atoms with Gasteiger partial charge in [-0.2, -0.15) is 0 Å². The van der Waals surface area contributed by atoms with Gasteiger partial charge in [0.15, 0.2) is 0 Å². The second-order valence-corrected chi connectivity index (χ2v) is 7.22. The Balaban J connectivity index is 1.37. The summed E-state index contributed by atoms with van der Waals surface area (Å²) in [6.45, 7) is 5.04. The number of hydrogen-bond donors (Lipinski definition) is 1. The summed E-state index contributed by atoms with van der Waals surface area (Å²) in [7, 11) is 4.45. The number of rotatable bonds is 7. The first kappa shape index (κ1) is 13.8. The zero-order valence-corrected chi connectivity index (χ0v) is 12.8. The van der Waals surface area contributed by atoms with Gasteiger partial charge in [-0.05, 0) is 71.0 Å². The van der Waals surface area contributed by atoms with Gasteiger partial charge in [0, 0.05) is 31.7 Å². The Morgan fingerprint density at radius 1 is 1.11 bits per heavy atom. The second kappa shape index (κ2) is 6.11. The molecule has 2 aliphatic carbocycles. The van der Waals surface area contributed by atoms with Gasteiger partial charge in [0.05, 0.1) is 0 Å². The van der Waals surface area contributed by atoms with Crippen LogP contribution in [-0.4, -0.2) is 62.2 Å². The fraction of sp³-hybridized carbons (Fsp3) is 1.00. The summed E-state index contributed by atoms with van der Waals surface area (Å²) in [6, 6.07) is 1.64. The van der Waals surface area contributed by atoms with E-state index in [1.165, 1.54) is 64.7 Å². The van der Waals surface area contributed by atoms with Crippen LogP contribution in [0.5, 0.6) is 0 Å². The van der Waals surface area contributed by atoms with Crippen molar-refractivity contribution in [2.45, 2.75) is 50.6 Å². The van der Waals surface area contributed by atoms with Gasteiger partial charge in [-0.15, -0.1) is 0 Å². The molecule has 0 radical (unpaired) electrons. The average molecular weight is 265 g/mol. The fourth-order valence-electron chi connectivity index (χ4n) is 3.67. The Bertz CT molecular complexity index is 272. The Labute approximate surface area is 118 Å². The smallest absolute Gasteiger partial charge is 0.0217 e. The second-order valence-electron chi connectivity index (χ2n) is 7.22. The van der Waals surface area contributed by atoms with Crippen molar-refractivity contribution < 1.29 is 0 Å². The third-order valence-corrected chi connectivity index (χ3v) is 5.28. The maximum atomic E-state index is 3.88. The van der Waals surface area contributed by atoms with E-state index in [0.29, 0.717) is 0 Å². The fourth-order valence-corrected chi connectivity index (χ4v) is 3.67. The Morgan fingerprint density at radius 2 is 1.79 bits per heavy atom. The minimum atomic E-state index is 0.774. The van der Waals surface area contributed by atoms with Crippen molar-refractivity contribution in [2.75, 3.05) is 40.3 Å². The van der Waals surface area contributed by atoms with E-state index in [1.807, 2.05) is 0 Å². The summed E-state index contributed by atoms with van der Waals surface area (Å²) >= 11 is 0. The van der Waals surface area contributed by atoms with E-state index in [0.717, 1.165) is 23.9 Å². The van der Waals surface area contributed by atoms with E-state index in [2.05, 4.69) is 29.2 Å². The summed E-state index contributed by atoms with van der Waals surface area (Å²) < 4.78 is 0. The van der Waals surface area contributed by atoms with E-state index in [9.17, 15) is 0 Å². The van der Waals surface area contributed by atoms with Crippen LogP contribution < -0.4 is 5.32 Å². The molecule has 0 aromatic carbocycles. The number of nitrogens with zero attached hydrogens (tertiary/aromatic N) is 2. The van der Waals surface area contributed by atoms with Gasteiger partial charge < -0.3 is 15.1 Å². The highest BCUT2D eigenvalue weighted by molar-refractivity contribution is 4.96. The predicted molar refractivity (Wildman–Crippen MR) is 80.4 cm³/mol. The van der Waals surface area contributed by atoms with E-state index >= 15 is 0 Å². The number of piperidine rings is 1. The van der Waals surface area contributed by atoms with Crippen LogP contribution in [0.4, 0.5) is 0 Å². The topological polar surface area (TPSA) is 18.5 Å². The van der Waals surface area contributed by atoms with Gasteiger partial charge in [-0.25, -0.2) is 0 Å². The first-order chi connectivity index (χ1) is 9.24. The highest BCUT2D eigenvalue weighted by Gasteiger charge is 2.40. The van der Waals surface area contributed by atoms with E-state index in [1.54, 1.807) is 0 Å². The third kappa shape index (κ3) is 3.93. The molecule has 19 heavy (non-hydrogen) atoms. The first-order valence-electron chi connectivity index (χ1n) is 8.36. The van der Waals surface area contributed by atoms with Crippen molar-refractivity contribution in [3.63, 3.8) is 0 Å². The summed E-state index contributed by atoms with van der Waals surface area (Å²) in [5.41, 5.74) is 0. The molecule has 3 nitrogen and oxygen atoms in total. The zero-order valence-electron chi connectivity index (χ0n) is 12.8. The molecule has 0 spiro atoms. The van der Waals surface area contributed by atoms with Crippen molar-refractivity contribution in [2.24, 2.45) is 11.8 Å². The lowest BCUT2D eigenvalue weighted by atomic mass is 10.0. The Morgan fingerprint density at radius 3 is 2.37 bits per heavy atom. The van der Waals surface area contributed by atoms with E-state index in [-0.39, 0.29) is 0 Å². The number of likely N-dealkylation sites (tertiary alicyclic amines) is 1. The first-order valence-corrected chi connectivity index (χ1v) is 8.36. The van der Waals surface area contributed by atoms with Crippen LogP contribution in [0.3, 0.4) is 0 Å². The molecule has 0 aromatic rings. The number of nitrogens with one attached hydrogen (secondary N) is 1. The third-order valence-electron chi connectivity index (χ3n) is 5.28. The standard InChI is InChI=1S/C16H31N3/c1-18(2)15-4-3-10-19(12-15)11-9-17-16(13-5-6-13)14-7-8-14/h13-17H,3-12H2,1-2H3. The highest BCUT2D eigenvalue weighted by Crippen LogP contribution is 2.44. The number of likely N-dealkylation sites (N-methyl/N-ethyl adjacent to an activating group) is 1. The van der Waals surface area contributed by atoms with Crippen LogP contribution in [0.25, 0.3) is 0 Å². The molecule has 1 unspecified atom stereocenters. The quantitative estimate of drug-likeness (QED) is 0.757. The largest absolute Gasteiger partial charge is 0.312 e. The molecule has 1 N–H and O–H groups in total. The van der Waals surface area contributed by atoms with Crippen LogP contribution in [0.15, 0.2) is 0 Å². The highest BCUT2D eigenvalue weighted by atomic mass is 15.2. The van der Waals surface area contributed by atoms with Gasteiger partial charge >= 0.3 is 0 Å². The van der Waals surface area contributed by atoms with E-state index in [4.69, 9.17) is 0 Å². The molecule has 0 aromatic heterocycles. The van der Waals surface area contributed by atoms with Gasteiger partial charge in [-0.1, -0.05) is 0 Å². The van der Waals surface area contributed by atoms with Gasteiger partial charge in [0.2, 0.25) is 0 Å². The van der Waals surface area contributed by atoms with Crippen molar-refractivity contribution in [3.05, 3.63) is 0 Å².